The third kappa shape index (κ3) is 5.54. The van der Waals surface area contributed by atoms with E-state index in [-0.39, 0.29) is 6.23 Å². The molecule has 4 heteroatoms. The molecule has 1 unspecified atom stereocenters. The van der Waals surface area contributed by atoms with Crippen molar-refractivity contribution in [1.82, 2.24) is 9.88 Å². The Kier molecular flexibility index (Phi) is 7.06. The van der Waals surface area contributed by atoms with E-state index >= 15 is 0 Å². The first-order valence-electron chi connectivity index (χ1n) is 9.81. The molecule has 1 aliphatic heterocycles. The van der Waals surface area contributed by atoms with Crippen LogP contribution in [0.15, 0.2) is 24.4 Å². The second-order valence-electron chi connectivity index (χ2n) is 7.54. The number of nitrogens with two attached hydrogens (primary N) is 1. The van der Waals surface area contributed by atoms with Crippen LogP contribution >= 0.6 is 0 Å². The smallest absolute Gasteiger partial charge is 0.111 e. The first-order chi connectivity index (χ1) is 11.8. The Hall–Kier alpha value is -0.970. The minimum Gasteiger partial charge on any atom is -0.363 e. The van der Waals surface area contributed by atoms with Gasteiger partial charge in [-0.05, 0) is 62.7 Å². The average molecular weight is 332 g/mol. The predicted molar refractivity (Wildman–Crippen MR) is 97.6 cm³/mol. The van der Waals surface area contributed by atoms with Gasteiger partial charge in [0.05, 0.1) is 0 Å². The fourth-order valence-corrected chi connectivity index (χ4v) is 4.34. The van der Waals surface area contributed by atoms with Crippen LogP contribution in [0.3, 0.4) is 0 Å². The molecule has 1 saturated carbocycles. The Bertz CT molecular complexity index is 467. The van der Waals surface area contributed by atoms with Gasteiger partial charge < -0.3 is 15.4 Å². The number of pyridine rings is 1. The quantitative estimate of drug-likeness (QED) is 0.587. The normalized spacial score (nSPS) is 26.0. The summed E-state index contributed by atoms with van der Waals surface area (Å²) in [6.07, 6.45) is 11.9. The minimum atomic E-state index is -0.238. The molecule has 0 spiro atoms. The molecule has 2 heterocycles. The zero-order valence-corrected chi connectivity index (χ0v) is 14.9. The molecular weight excluding hydrogens is 298 g/mol. The fourth-order valence-electron chi connectivity index (χ4n) is 4.34. The molecule has 24 heavy (non-hydrogen) atoms. The molecular formula is C20H33N3O. The van der Waals surface area contributed by atoms with Crippen LogP contribution in [0.25, 0.3) is 0 Å². The summed E-state index contributed by atoms with van der Waals surface area (Å²) in [6.45, 7) is 4.63. The van der Waals surface area contributed by atoms with Crippen molar-refractivity contribution >= 4 is 0 Å². The maximum atomic E-state index is 6.03. The first kappa shape index (κ1) is 17.8. The van der Waals surface area contributed by atoms with E-state index in [1.165, 1.54) is 58.2 Å². The van der Waals surface area contributed by atoms with Crippen LogP contribution in [0.4, 0.5) is 0 Å². The van der Waals surface area contributed by atoms with Crippen LogP contribution < -0.4 is 5.73 Å². The third-order valence-corrected chi connectivity index (χ3v) is 5.71. The van der Waals surface area contributed by atoms with E-state index in [1.807, 2.05) is 18.2 Å². The summed E-state index contributed by atoms with van der Waals surface area (Å²) in [5.74, 6) is 2.01. The van der Waals surface area contributed by atoms with E-state index in [9.17, 15) is 0 Å². The molecule has 1 saturated heterocycles. The molecule has 2 fully saturated rings. The molecule has 0 radical (unpaired) electrons. The van der Waals surface area contributed by atoms with Crippen LogP contribution in [-0.4, -0.2) is 42.4 Å². The Labute approximate surface area is 146 Å². The molecule has 0 amide bonds. The van der Waals surface area contributed by atoms with Gasteiger partial charge in [-0.1, -0.05) is 25.3 Å². The van der Waals surface area contributed by atoms with Crippen LogP contribution in [0.1, 0.15) is 50.6 Å². The molecule has 3 atom stereocenters. The number of aromatic nitrogens is 1. The predicted octanol–water partition coefficient (Wildman–Crippen LogP) is 3.22. The highest BCUT2D eigenvalue weighted by molar-refractivity contribution is 5.04. The standard InChI is InChI=1S/C20H33N3O/c21-20(15-19-9-3-4-11-22-19)24-14-6-5-12-23-13-10-17-7-1-2-8-18(17)16-23/h3-4,9,11,17-18,20H,1-2,5-8,10,12-16,21H2/t17-,18-,20?/m1/s1. The number of nitrogens with zero attached hydrogens (tertiary/aromatic N) is 2. The number of ether oxygens (including phenoxy) is 1. The van der Waals surface area contributed by atoms with E-state index in [0.717, 1.165) is 30.6 Å². The van der Waals surface area contributed by atoms with Gasteiger partial charge in [0, 0.05) is 31.5 Å². The van der Waals surface area contributed by atoms with Crippen molar-refractivity contribution in [3.8, 4) is 0 Å². The summed E-state index contributed by atoms with van der Waals surface area (Å²) >= 11 is 0. The number of likely N-dealkylation sites (tertiary alicyclic amines) is 1. The van der Waals surface area contributed by atoms with Crippen molar-refractivity contribution in [2.75, 3.05) is 26.2 Å². The van der Waals surface area contributed by atoms with Crippen molar-refractivity contribution in [3.05, 3.63) is 30.1 Å². The Morgan fingerprint density at radius 3 is 2.88 bits per heavy atom. The molecule has 0 aromatic carbocycles. The average Bonchev–Trinajstić information content (AvgIpc) is 2.62. The van der Waals surface area contributed by atoms with Crippen LogP contribution in [-0.2, 0) is 11.2 Å². The number of piperidine rings is 1. The van der Waals surface area contributed by atoms with E-state index < -0.39 is 0 Å². The lowest BCUT2D eigenvalue weighted by Gasteiger charge is -2.41. The monoisotopic (exact) mass is 331 g/mol. The van der Waals surface area contributed by atoms with Gasteiger partial charge in [-0.3, -0.25) is 4.98 Å². The zero-order valence-electron chi connectivity index (χ0n) is 14.9. The van der Waals surface area contributed by atoms with E-state index in [0.29, 0.717) is 6.42 Å². The van der Waals surface area contributed by atoms with Crippen molar-refractivity contribution in [1.29, 1.82) is 0 Å². The van der Waals surface area contributed by atoms with Crippen molar-refractivity contribution < 1.29 is 4.74 Å². The molecule has 1 aliphatic carbocycles. The second-order valence-corrected chi connectivity index (χ2v) is 7.54. The van der Waals surface area contributed by atoms with E-state index in [1.54, 1.807) is 6.20 Å². The molecule has 1 aromatic heterocycles. The molecule has 2 N–H and O–H groups in total. The highest BCUT2D eigenvalue weighted by Crippen LogP contribution is 2.35. The fraction of sp³-hybridized carbons (Fsp3) is 0.750. The maximum Gasteiger partial charge on any atom is 0.111 e. The minimum absolute atomic E-state index is 0.238. The van der Waals surface area contributed by atoms with Gasteiger partial charge in [-0.2, -0.15) is 0 Å². The topological polar surface area (TPSA) is 51.4 Å². The lowest BCUT2D eigenvalue weighted by Crippen LogP contribution is -2.42. The second kappa shape index (κ2) is 9.50. The van der Waals surface area contributed by atoms with Gasteiger partial charge in [-0.25, -0.2) is 0 Å². The molecule has 134 valence electrons. The third-order valence-electron chi connectivity index (χ3n) is 5.71. The SMILES string of the molecule is NC(Cc1ccccn1)OCCCCN1CC[C@H]2CCCC[C@@H]2C1. The zero-order chi connectivity index (χ0) is 16.6. The van der Waals surface area contributed by atoms with E-state index in [2.05, 4.69) is 9.88 Å². The Balaban J connectivity index is 1.25. The van der Waals surface area contributed by atoms with Gasteiger partial charge in [0.25, 0.3) is 0 Å². The molecule has 0 bridgehead atoms. The molecule has 2 aliphatic rings. The highest BCUT2D eigenvalue weighted by atomic mass is 16.5. The van der Waals surface area contributed by atoms with Gasteiger partial charge in [0.15, 0.2) is 0 Å². The number of hydrogen-bond acceptors (Lipinski definition) is 4. The molecule has 4 nitrogen and oxygen atoms in total. The number of hydrogen-bond donors (Lipinski definition) is 1. The lowest BCUT2D eigenvalue weighted by molar-refractivity contribution is 0.0494. The maximum absolute atomic E-state index is 6.03. The largest absolute Gasteiger partial charge is 0.363 e. The van der Waals surface area contributed by atoms with Gasteiger partial charge in [-0.15, -0.1) is 0 Å². The summed E-state index contributed by atoms with van der Waals surface area (Å²) in [5.41, 5.74) is 7.03. The van der Waals surface area contributed by atoms with Crippen molar-refractivity contribution in [3.63, 3.8) is 0 Å². The van der Waals surface area contributed by atoms with Crippen LogP contribution in [0, 0.1) is 11.8 Å². The lowest BCUT2D eigenvalue weighted by atomic mass is 9.75. The Morgan fingerprint density at radius 1 is 1.17 bits per heavy atom. The summed E-state index contributed by atoms with van der Waals surface area (Å²) in [5, 5.41) is 0. The highest BCUT2D eigenvalue weighted by Gasteiger charge is 2.30. The van der Waals surface area contributed by atoms with Crippen molar-refractivity contribution in [2.45, 2.75) is 57.6 Å². The summed E-state index contributed by atoms with van der Waals surface area (Å²) < 4.78 is 5.74. The summed E-state index contributed by atoms with van der Waals surface area (Å²) in [6, 6.07) is 5.91. The van der Waals surface area contributed by atoms with Crippen LogP contribution in [0.5, 0.6) is 0 Å². The molecule has 1 aromatic rings. The first-order valence-corrected chi connectivity index (χ1v) is 9.81. The van der Waals surface area contributed by atoms with Gasteiger partial charge in [0.2, 0.25) is 0 Å². The number of fused-ring (bicyclic) bond motifs is 1. The summed E-state index contributed by atoms with van der Waals surface area (Å²) in [7, 11) is 0. The molecule has 3 rings (SSSR count). The van der Waals surface area contributed by atoms with E-state index in [4.69, 9.17) is 10.5 Å². The Morgan fingerprint density at radius 2 is 2.04 bits per heavy atom. The van der Waals surface area contributed by atoms with Gasteiger partial charge in [0.1, 0.15) is 6.23 Å². The van der Waals surface area contributed by atoms with Gasteiger partial charge >= 0.3 is 0 Å². The number of unbranched alkanes of at least 4 members (excludes halogenated alkanes) is 1. The number of rotatable bonds is 8. The van der Waals surface area contributed by atoms with Crippen molar-refractivity contribution in [2.24, 2.45) is 17.6 Å². The summed E-state index contributed by atoms with van der Waals surface area (Å²) in [4.78, 5) is 6.97. The van der Waals surface area contributed by atoms with Crippen LogP contribution in [0.2, 0.25) is 0 Å².